The van der Waals surface area contributed by atoms with Crippen LogP contribution in [0, 0.1) is 0 Å². The van der Waals surface area contributed by atoms with Gasteiger partial charge in [-0.15, -0.1) is 23.5 Å². The molecule has 106 valence electrons. The van der Waals surface area contributed by atoms with Crippen LogP contribution >= 0.6 is 70.6 Å². The molecule has 0 aliphatic carbocycles. The Morgan fingerprint density at radius 1 is 1.05 bits per heavy atom. The Labute approximate surface area is 143 Å². The molecule has 1 atom stereocenters. The van der Waals surface area contributed by atoms with E-state index < -0.39 is 0 Å². The van der Waals surface area contributed by atoms with E-state index >= 15 is 0 Å². The monoisotopic (exact) mass is 377 g/mol. The number of hydrogen-bond donors (Lipinski definition) is 0. The van der Waals surface area contributed by atoms with Crippen molar-refractivity contribution < 1.29 is 4.74 Å². The summed E-state index contributed by atoms with van der Waals surface area (Å²) in [5.41, 5.74) is 0. The summed E-state index contributed by atoms with van der Waals surface area (Å²) in [6.45, 7) is 2.86. The molecule has 8 heteroatoms. The zero-order chi connectivity index (χ0) is 13.5. The average molecular weight is 378 g/mol. The molecular formula is C12H11NOS6. The van der Waals surface area contributed by atoms with Crippen molar-refractivity contribution in [1.29, 1.82) is 0 Å². The number of aliphatic imine (C=N–C) groups is 1. The largest absolute Gasteiger partial charge is 0.472 e. The van der Waals surface area contributed by atoms with E-state index in [1.165, 1.54) is 33.4 Å². The Kier molecular flexibility index (Phi) is 4.40. The summed E-state index contributed by atoms with van der Waals surface area (Å²) in [6, 6.07) is 0. The molecule has 0 radical (unpaired) electrons. The quantitative estimate of drug-likeness (QED) is 0.607. The van der Waals surface area contributed by atoms with Gasteiger partial charge in [0.1, 0.15) is 6.10 Å². The molecule has 0 aromatic rings. The van der Waals surface area contributed by atoms with Crippen LogP contribution in [-0.4, -0.2) is 30.1 Å². The summed E-state index contributed by atoms with van der Waals surface area (Å²) in [5.74, 6) is 3.32. The summed E-state index contributed by atoms with van der Waals surface area (Å²) in [5, 5.41) is 2.18. The summed E-state index contributed by atoms with van der Waals surface area (Å²) in [6.07, 6.45) is 0.227. The zero-order valence-corrected chi connectivity index (χ0v) is 15.5. The van der Waals surface area contributed by atoms with Crippen LogP contribution in [0.25, 0.3) is 0 Å². The Bertz CT molecular complexity index is 558. The highest BCUT2D eigenvalue weighted by Crippen LogP contribution is 2.63. The summed E-state index contributed by atoms with van der Waals surface area (Å²) in [4.78, 5) is 5.64. The molecule has 0 unspecified atom stereocenters. The maximum atomic E-state index is 5.74. The van der Waals surface area contributed by atoms with Gasteiger partial charge in [0.15, 0.2) is 0 Å². The molecule has 0 saturated heterocycles. The summed E-state index contributed by atoms with van der Waals surface area (Å²) >= 11 is 11.5. The molecule has 0 aromatic heterocycles. The van der Waals surface area contributed by atoms with E-state index in [1.54, 1.807) is 0 Å². The van der Waals surface area contributed by atoms with Gasteiger partial charge in [-0.2, -0.15) is 0 Å². The molecular weight excluding hydrogens is 367 g/mol. The first-order valence-corrected chi connectivity index (χ1v) is 11.5. The molecule has 0 fully saturated rings. The molecule has 4 rings (SSSR count). The van der Waals surface area contributed by atoms with Crippen LogP contribution in [0.2, 0.25) is 0 Å². The molecule has 0 N–H and O–H groups in total. The summed E-state index contributed by atoms with van der Waals surface area (Å²) < 4.78 is 11.6. The Morgan fingerprint density at radius 3 is 2.45 bits per heavy atom. The van der Waals surface area contributed by atoms with E-state index in [-0.39, 0.29) is 6.10 Å². The maximum absolute atomic E-state index is 5.74. The lowest BCUT2D eigenvalue weighted by molar-refractivity contribution is 0.247. The fourth-order valence-electron chi connectivity index (χ4n) is 1.85. The van der Waals surface area contributed by atoms with Crippen molar-refractivity contribution in [2.45, 2.75) is 13.0 Å². The van der Waals surface area contributed by atoms with Gasteiger partial charge in [-0.25, -0.2) is 4.99 Å². The van der Waals surface area contributed by atoms with Crippen molar-refractivity contribution in [3.63, 3.8) is 0 Å². The highest BCUT2D eigenvalue weighted by Gasteiger charge is 2.31. The van der Waals surface area contributed by atoms with Gasteiger partial charge in [0.25, 0.3) is 0 Å². The third-order valence-electron chi connectivity index (χ3n) is 2.75. The highest BCUT2D eigenvalue weighted by molar-refractivity contribution is 8.43. The minimum Gasteiger partial charge on any atom is -0.472 e. The molecule has 2 nitrogen and oxygen atoms in total. The molecule has 0 aromatic carbocycles. The van der Waals surface area contributed by atoms with Crippen molar-refractivity contribution in [1.82, 2.24) is 0 Å². The number of nitrogens with zero attached hydrogens (tertiary/aromatic N) is 1. The smallest absolute Gasteiger partial charge is 0.224 e. The topological polar surface area (TPSA) is 21.6 Å². The van der Waals surface area contributed by atoms with E-state index in [9.17, 15) is 0 Å². The van der Waals surface area contributed by atoms with Crippen molar-refractivity contribution in [2.24, 2.45) is 4.99 Å². The van der Waals surface area contributed by atoms with Crippen molar-refractivity contribution >= 4 is 76.5 Å². The van der Waals surface area contributed by atoms with Crippen molar-refractivity contribution in [3.05, 3.63) is 27.3 Å². The molecule has 0 amide bonds. The lowest BCUT2D eigenvalue weighted by atomic mass is 10.4. The van der Waals surface area contributed by atoms with Gasteiger partial charge in [-0.05, 0) is 12.3 Å². The number of ether oxygens (including phenoxy) is 1. The number of rotatable bonds is 1. The lowest BCUT2D eigenvalue weighted by Gasteiger charge is -2.08. The first kappa shape index (κ1) is 14.4. The summed E-state index contributed by atoms with van der Waals surface area (Å²) in [7, 11) is 0. The van der Waals surface area contributed by atoms with Crippen LogP contribution in [0.3, 0.4) is 0 Å². The second kappa shape index (κ2) is 6.12. The van der Waals surface area contributed by atoms with Gasteiger partial charge in [-0.3, -0.25) is 0 Å². The lowest BCUT2D eigenvalue weighted by Crippen LogP contribution is -2.07. The second-order valence-corrected chi connectivity index (χ2v) is 11.5. The molecule has 4 heterocycles. The number of hydrogen-bond acceptors (Lipinski definition) is 8. The minimum atomic E-state index is 0.227. The Hall–Kier alpha value is 0.790. The van der Waals surface area contributed by atoms with E-state index in [0.717, 1.165) is 12.4 Å². The van der Waals surface area contributed by atoms with Crippen LogP contribution < -0.4 is 0 Å². The Balaban J connectivity index is 1.47. The fourth-order valence-corrected chi connectivity index (χ4v) is 10.3. The van der Waals surface area contributed by atoms with E-state index in [0.29, 0.717) is 0 Å². The van der Waals surface area contributed by atoms with E-state index in [1.807, 2.05) is 70.6 Å². The first-order valence-electron chi connectivity index (χ1n) is 6.15. The van der Waals surface area contributed by atoms with Crippen molar-refractivity contribution in [3.8, 4) is 0 Å². The maximum Gasteiger partial charge on any atom is 0.224 e. The second-order valence-electron chi connectivity index (χ2n) is 4.33. The first-order chi connectivity index (χ1) is 9.79. The predicted molar refractivity (Wildman–Crippen MR) is 100 cm³/mol. The van der Waals surface area contributed by atoms with Gasteiger partial charge < -0.3 is 4.74 Å². The molecule has 4 aliphatic heterocycles. The number of thioether (sulfide) groups is 6. The highest BCUT2D eigenvalue weighted by atomic mass is 32.3. The molecule has 0 bridgehead atoms. The van der Waals surface area contributed by atoms with Gasteiger partial charge in [0.2, 0.25) is 5.90 Å². The van der Waals surface area contributed by atoms with Crippen LogP contribution in [0.4, 0.5) is 0 Å². The van der Waals surface area contributed by atoms with Crippen molar-refractivity contribution in [2.75, 3.05) is 18.1 Å². The van der Waals surface area contributed by atoms with Gasteiger partial charge in [-0.1, -0.05) is 47.0 Å². The molecule has 0 spiro atoms. The van der Waals surface area contributed by atoms with E-state index in [2.05, 4.69) is 17.3 Å². The van der Waals surface area contributed by atoms with Gasteiger partial charge in [0.05, 0.1) is 28.4 Å². The van der Waals surface area contributed by atoms with Crippen LogP contribution in [0.5, 0.6) is 0 Å². The fraction of sp³-hybridized carbons (Fsp3) is 0.417. The normalized spacial score (nSPS) is 29.6. The average Bonchev–Trinajstić information content (AvgIpc) is 3.16. The van der Waals surface area contributed by atoms with Crippen LogP contribution in [-0.2, 0) is 4.74 Å². The SMILES string of the molecule is C[C@H]1CN=C(C2=CSC(=C3SC4=C(SCCS4)S3)S2)O1. The van der Waals surface area contributed by atoms with Gasteiger partial charge >= 0.3 is 0 Å². The predicted octanol–water partition coefficient (Wildman–Crippen LogP) is 5.34. The molecule has 0 saturated carbocycles. The standard InChI is InChI=1S/C12H11NOS6/c1-6-4-13-8(14-6)7-5-17-11(18-7)12-19-9-10(20-12)16-3-2-15-9/h5-6H,2-4H2,1H3/t6-/m0/s1. The van der Waals surface area contributed by atoms with Crippen LogP contribution in [0.15, 0.2) is 32.3 Å². The third kappa shape index (κ3) is 2.84. The molecule has 4 aliphatic rings. The van der Waals surface area contributed by atoms with E-state index in [4.69, 9.17) is 4.74 Å². The molecule has 20 heavy (non-hydrogen) atoms. The zero-order valence-electron chi connectivity index (χ0n) is 10.6. The minimum absolute atomic E-state index is 0.227. The Morgan fingerprint density at radius 2 is 1.80 bits per heavy atom. The van der Waals surface area contributed by atoms with Crippen LogP contribution in [0.1, 0.15) is 6.92 Å². The van der Waals surface area contributed by atoms with Gasteiger partial charge in [0, 0.05) is 11.5 Å². The third-order valence-corrected chi connectivity index (χ3v) is 11.4.